The van der Waals surface area contributed by atoms with E-state index >= 15 is 0 Å². The minimum absolute atomic E-state index is 0.0266. The number of nitrogens with zero attached hydrogens (tertiary/aromatic N) is 3. The number of amides is 1. The number of carbonyl (C=O) groups excluding carboxylic acids is 1. The van der Waals surface area contributed by atoms with Crippen LogP contribution in [-0.4, -0.2) is 47.5 Å². The minimum Gasteiger partial charge on any atom is -0.373 e. The van der Waals surface area contributed by atoms with E-state index in [-0.39, 0.29) is 12.0 Å². The number of nitrogens with one attached hydrogen (secondary N) is 1. The number of hydrogen-bond acceptors (Lipinski definition) is 5. The average molecular weight is 348 g/mol. The summed E-state index contributed by atoms with van der Waals surface area (Å²) in [4.78, 5) is 23.7. The van der Waals surface area contributed by atoms with Crippen molar-refractivity contribution in [2.24, 2.45) is 0 Å². The van der Waals surface area contributed by atoms with Crippen molar-refractivity contribution < 1.29 is 9.53 Å². The molecule has 1 atom stereocenters. The number of carbonyl (C=O) groups is 1. The Labute approximate surface area is 151 Å². The number of hydrogen-bond donors (Lipinski definition) is 1. The number of morpholine rings is 1. The van der Waals surface area contributed by atoms with Gasteiger partial charge in [-0.1, -0.05) is 24.3 Å². The zero-order chi connectivity index (χ0) is 17.9. The molecule has 0 unspecified atom stereocenters. The van der Waals surface area contributed by atoms with Crippen LogP contribution in [0.15, 0.2) is 54.7 Å². The highest BCUT2D eigenvalue weighted by Crippen LogP contribution is 2.23. The summed E-state index contributed by atoms with van der Waals surface area (Å²) in [6.07, 6.45) is 1.42. The summed E-state index contributed by atoms with van der Waals surface area (Å²) >= 11 is 0. The van der Waals surface area contributed by atoms with Crippen molar-refractivity contribution in [2.75, 3.05) is 32.1 Å². The fraction of sp³-hybridized carbons (Fsp3) is 0.250. The van der Waals surface area contributed by atoms with Crippen molar-refractivity contribution >= 4 is 22.6 Å². The maximum Gasteiger partial charge on any atom is 0.255 e. The molecular weight excluding hydrogens is 328 g/mol. The number of ether oxygens (including phenoxy) is 1. The van der Waals surface area contributed by atoms with Crippen LogP contribution in [0.25, 0.3) is 10.9 Å². The summed E-state index contributed by atoms with van der Waals surface area (Å²) < 4.78 is 5.85. The molecule has 6 nitrogen and oxygen atoms in total. The molecule has 6 heteroatoms. The van der Waals surface area contributed by atoms with Crippen LogP contribution in [0.5, 0.6) is 0 Å². The molecule has 2 aromatic heterocycles. The zero-order valence-electron chi connectivity index (χ0n) is 14.6. The predicted octanol–water partition coefficient (Wildman–Crippen LogP) is 2.89. The smallest absolute Gasteiger partial charge is 0.255 e. The second-order valence-corrected chi connectivity index (χ2v) is 6.22. The minimum atomic E-state index is -0.227. The van der Waals surface area contributed by atoms with Gasteiger partial charge in [-0.05, 0) is 24.3 Å². The third-order valence-corrected chi connectivity index (χ3v) is 4.55. The lowest BCUT2D eigenvalue weighted by Crippen LogP contribution is -2.42. The highest BCUT2D eigenvalue weighted by Gasteiger charge is 2.27. The van der Waals surface area contributed by atoms with Gasteiger partial charge in [0.1, 0.15) is 11.9 Å². The Kier molecular flexibility index (Phi) is 4.50. The van der Waals surface area contributed by atoms with Gasteiger partial charge in [-0.3, -0.25) is 9.78 Å². The van der Waals surface area contributed by atoms with E-state index in [4.69, 9.17) is 4.74 Å². The topological polar surface area (TPSA) is 67.4 Å². The first-order valence-electron chi connectivity index (χ1n) is 8.65. The molecule has 1 aliphatic rings. The van der Waals surface area contributed by atoms with E-state index in [2.05, 4.69) is 15.3 Å². The quantitative estimate of drug-likeness (QED) is 0.788. The van der Waals surface area contributed by atoms with Crippen molar-refractivity contribution in [1.82, 2.24) is 14.9 Å². The van der Waals surface area contributed by atoms with Crippen LogP contribution in [0, 0.1) is 0 Å². The van der Waals surface area contributed by atoms with Gasteiger partial charge in [0.25, 0.3) is 5.91 Å². The van der Waals surface area contributed by atoms with Crippen LogP contribution in [0.3, 0.4) is 0 Å². The summed E-state index contributed by atoms with van der Waals surface area (Å²) in [5.41, 5.74) is 2.31. The van der Waals surface area contributed by atoms with E-state index in [0.29, 0.717) is 25.3 Å². The Balaban J connectivity index is 1.55. The van der Waals surface area contributed by atoms with Gasteiger partial charge >= 0.3 is 0 Å². The van der Waals surface area contributed by atoms with Gasteiger partial charge in [0, 0.05) is 25.2 Å². The molecule has 0 spiro atoms. The molecule has 1 N–H and O–H groups in total. The van der Waals surface area contributed by atoms with E-state index in [0.717, 1.165) is 22.4 Å². The molecular formula is C20H20N4O2. The highest BCUT2D eigenvalue weighted by atomic mass is 16.5. The van der Waals surface area contributed by atoms with Gasteiger partial charge in [-0.15, -0.1) is 0 Å². The molecule has 26 heavy (non-hydrogen) atoms. The Morgan fingerprint density at radius 3 is 3.00 bits per heavy atom. The standard InChI is InChI=1S/C20H20N4O2/c1-21-19-8-4-7-17(23-19)18-13-24(9-10-26-18)20(25)15-11-14-5-2-3-6-16(14)22-12-15/h2-8,11-12,18H,9-10,13H2,1H3,(H,21,23)/t18-/m1/s1. The Morgan fingerprint density at radius 2 is 2.12 bits per heavy atom. The normalized spacial score (nSPS) is 17.3. The van der Waals surface area contributed by atoms with E-state index in [1.54, 1.807) is 6.20 Å². The van der Waals surface area contributed by atoms with Crippen LogP contribution < -0.4 is 5.32 Å². The SMILES string of the molecule is CNc1cccc([C@H]2CN(C(=O)c3cnc4ccccc4c3)CCO2)n1. The number of pyridine rings is 2. The van der Waals surface area contributed by atoms with Crippen molar-refractivity contribution in [1.29, 1.82) is 0 Å². The molecule has 0 bridgehead atoms. The van der Waals surface area contributed by atoms with E-state index in [1.165, 1.54) is 0 Å². The molecule has 3 aromatic rings. The van der Waals surface area contributed by atoms with Crippen LogP contribution in [0.2, 0.25) is 0 Å². The van der Waals surface area contributed by atoms with Gasteiger partial charge in [-0.2, -0.15) is 0 Å². The Bertz CT molecular complexity index is 944. The molecule has 4 rings (SSSR count). The Morgan fingerprint density at radius 1 is 1.23 bits per heavy atom. The third kappa shape index (κ3) is 3.23. The highest BCUT2D eigenvalue weighted by molar-refractivity contribution is 5.97. The Hall–Kier alpha value is -2.99. The largest absolute Gasteiger partial charge is 0.373 e. The molecule has 0 radical (unpaired) electrons. The van der Waals surface area contributed by atoms with Gasteiger partial charge in [-0.25, -0.2) is 4.98 Å². The fourth-order valence-electron chi connectivity index (χ4n) is 3.15. The average Bonchev–Trinajstić information content (AvgIpc) is 2.73. The summed E-state index contributed by atoms with van der Waals surface area (Å²) in [6, 6.07) is 15.5. The molecule has 0 saturated carbocycles. The lowest BCUT2D eigenvalue weighted by atomic mass is 10.1. The molecule has 1 aromatic carbocycles. The molecule has 132 valence electrons. The maximum absolute atomic E-state index is 12.9. The van der Waals surface area contributed by atoms with Crippen molar-refractivity contribution in [3.8, 4) is 0 Å². The van der Waals surface area contributed by atoms with Crippen LogP contribution in [-0.2, 0) is 4.74 Å². The number of benzene rings is 1. The van der Waals surface area contributed by atoms with Crippen LogP contribution in [0.4, 0.5) is 5.82 Å². The summed E-state index contributed by atoms with van der Waals surface area (Å²) in [6.45, 7) is 1.53. The molecule has 3 heterocycles. The summed E-state index contributed by atoms with van der Waals surface area (Å²) in [5.74, 6) is 0.759. The van der Waals surface area contributed by atoms with Gasteiger partial charge in [0.15, 0.2) is 0 Å². The van der Waals surface area contributed by atoms with Crippen molar-refractivity contribution in [3.05, 3.63) is 66.0 Å². The van der Waals surface area contributed by atoms with E-state index < -0.39 is 0 Å². The second-order valence-electron chi connectivity index (χ2n) is 6.22. The lowest BCUT2D eigenvalue weighted by Gasteiger charge is -2.32. The number of aromatic nitrogens is 2. The van der Waals surface area contributed by atoms with E-state index in [1.807, 2.05) is 60.5 Å². The third-order valence-electron chi connectivity index (χ3n) is 4.55. The second kappa shape index (κ2) is 7.09. The van der Waals surface area contributed by atoms with Gasteiger partial charge in [0.2, 0.25) is 0 Å². The number of anilines is 1. The molecule has 1 saturated heterocycles. The number of para-hydroxylation sites is 1. The van der Waals surface area contributed by atoms with Gasteiger partial charge < -0.3 is 15.0 Å². The first-order chi connectivity index (χ1) is 12.7. The lowest BCUT2D eigenvalue weighted by molar-refractivity contribution is -0.0246. The summed E-state index contributed by atoms with van der Waals surface area (Å²) in [7, 11) is 1.83. The monoisotopic (exact) mass is 348 g/mol. The number of rotatable bonds is 3. The van der Waals surface area contributed by atoms with Gasteiger partial charge in [0.05, 0.1) is 29.9 Å². The first kappa shape index (κ1) is 16.5. The summed E-state index contributed by atoms with van der Waals surface area (Å²) in [5, 5.41) is 3.99. The fourth-order valence-corrected chi connectivity index (χ4v) is 3.15. The molecule has 1 amide bonds. The number of fused-ring (bicyclic) bond motifs is 1. The zero-order valence-corrected chi connectivity index (χ0v) is 14.6. The first-order valence-corrected chi connectivity index (χ1v) is 8.65. The van der Waals surface area contributed by atoms with Crippen LogP contribution in [0.1, 0.15) is 22.2 Å². The van der Waals surface area contributed by atoms with E-state index in [9.17, 15) is 4.79 Å². The van der Waals surface area contributed by atoms with Crippen molar-refractivity contribution in [2.45, 2.75) is 6.10 Å². The maximum atomic E-state index is 12.9. The predicted molar refractivity (Wildman–Crippen MR) is 100 cm³/mol. The van der Waals surface area contributed by atoms with Crippen molar-refractivity contribution in [3.63, 3.8) is 0 Å². The van der Waals surface area contributed by atoms with Crippen LogP contribution >= 0.6 is 0 Å². The molecule has 1 fully saturated rings. The molecule has 1 aliphatic heterocycles. The molecule has 0 aliphatic carbocycles.